The zero-order valence-corrected chi connectivity index (χ0v) is 22.5. The molecule has 0 spiro atoms. The Hall–Kier alpha value is -2.10. The van der Waals surface area contributed by atoms with E-state index in [1.807, 2.05) is 38.1 Å². The van der Waals surface area contributed by atoms with Crippen molar-refractivity contribution >= 4 is 55.1 Å². The lowest BCUT2D eigenvalue weighted by molar-refractivity contribution is -0.139. The van der Waals surface area contributed by atoms with Gasteiger partial charge in [-0.3, -0.25) is 13.9 Å². The first-order valence-electron chi connectivity index (χ1n) is 10.4. The van der Waals surface area contributed by atoms with Gasteiger partial charge in [0.15, 0.2) is 0 Å². The summed E-state index contributed by atoms with van der Waals surface area (Å²) in [7, 11) is -3.79. The maximum atomic E-state index is 13.5. The van der Waals surface area contributed by atoms with Gasteiger partial charge >= 0.3 is 0 Å². The van der Waals surface area contributed by atoms with Crippen LogP contribution in [0.2, 0.25) is 5.02 Å². The first kappa shape index (κ1) is 27.1. The average Bonchev–Trinajstić information content (AvgIpc) is 2.69. The molecule has 2 aromatic carbocycles. The van der Waals surface area contributed by atoms with Crippen LogP contribution in [0.3, 0.4) is 0 Å². The summed E-state index contributed by atoms with van der Waals surface area (Å²) in [5, 5.41) is 3.28. The Balaban J connectivity index is 2.42. The van der Waals surface area contributed by atoms with E-state index in [0.29, 0.717) is 16.3 Å². The largest absolute Gasteiger partial charge is 0.352 e. The van der Waals surface area contributed by atoms with Crippen molar-refractivity contribution in [2.45, 2.75) is 46.3 Å². The number of aryl methyl sites for hydroxylation is 1. The summed E-state index contributed by atoms with van der Waals surface area (Å²) in [4.78, 5) is 27.6. The molecular weight excluding hydrogens is 530 g/mol. The topological polar surface area (TPSA) is 86.8 Å². The van der Waals surface area contributed by atoms with Gasteiger partial charge in [0.1, 0.15) is 12.6 Å². The highest BCUT2D eigenvalue weighted by Crippen LogP contribution is 2.26. The number of sulfonamides is 1. The highest BCUT2D eigenvalue weighted by molar-refractivity contribution is 9.10. The molecule has 0 aromatic heterocycles. The van der Waals surface area contributed by atoms with Crippen molar-refractivity contribution in [3.05, 3.63) is 63.1 Å². The summed E-state index contributed by atoms with van der Waals surface area (Å²) >= 11 is 9.44. The molecule has 2 rings (SSSR count). The predicted molar refractivity (Wildman–Crippen MR) is 136 cm³/mol. The van der Waals surface area contributed by atoms with Gasteiger partial charge in [0.05, 0.1) is 11.9 Å². The lowest BCUT2D eigenvalue weighted by Gasteiger charge is -2.32. The molecule has 33 heavy (non-hydrogen) atoms. The molecule has 1 atom stereocenters. The van der Waals surface area contributed by atoms with E-state index < -0.39 is 28.5 Å². The molecule has 0 bridgehead atoms. The Morgan fingerprint density at radius 1 is 1.12 bits per heavy atom. The minimum Gasteiger partial charge on any atom is -0.352 e. The van der Waals surface area contributed by atoms with Crippen LogP contribution in [0.4, 0.5) is 5.69 Å². The molecule has 0 radical (unpaired) electrons. The van der Waals surface area contributed by atoms with Gasteiger partial charge in [-0.1, -0.05) is 39.7 Å². The van der Waals surface area contributed by atoms with E-state index in [1.165, 1.54) is 4.90 Å². The number of anilines is 1. The molecule has 0 aliphatic heterocycles. The number of amides is 2. The zero-order valence-electron chi connectivity index (χ0n) is 19.3. The van der Waals surface area contributed by atoms with Crippen molar-refractivity contribution in [3.8, 4) is 0 Å². The number of hydrogen-bond acceptors (Lipinski definition) is 4. The van der Waals surface area contributed by atoms with Gasteiger partial charge in [-0.05, 0) is 69.2 Å². The van der Waals surface area contributed by atoms with E-state index in [2.05, 4.69) is 21.2 Å². The first-order chi connectivity index (χ1) is 15.3. The van der Waals surface area contributed by atoms with Crippen molar-refractivity contribution in [1.82, 2.24) is 10.2 Å². The van der Waals surface area contributed by atoms with E-state index >= 15 is 0 Å². The summed E-state index contributed by atoms with van der Waals surface area (Å²) in [5.74, 6) is -0.817. The van der Waals surface area contributed by atoms with E-state index in [-0.39, 0.29) is 18.5 Å². The SMILES string of the molecule is Cc1cc(Cl)ccc1N(CC(=O)N(Cc1cccc(Br)c1)C(C)C(=O)NC(C)C)S(C)(=O)=O. The van der Waals surface area contributed by atoms with Crippen molar-refractivity contribution in [1.29, 1.82) is 0 Å². The van der Waals surface area contributed by atoms with Crippen molar-refractivity contribution < 1.29 is 18.0 Å². The normalized spacial score (nSPS) is 12.4. The minimum atomic E-state index is -3.79. The van der Waals surface area contributed by atoms with Gasteiger partial charge < -0.3 is 10.2 Å². The minimum absolute atomic E-state index is 0.105. The third-order valence-corrected chi connectivity index (χ3v) is 6.80. The fourth-order valence-corrected chi connectivity index (χ4v) is 4.89. The molecule has 1 N–H and O–H groups in total. The Morgan fingerprint density at radius 3 is 2.33 bits per heavy atom. The van der Waals surface area contributed by atoms with Crippen molar-refractivity contribution in [2.24, 2.45) is 0 Å². The second kappa shape index (κ2) is 11.4. The third kappa shape index (κ3) is 7.72. The summed E-state index contributed by atoms with van der Waals surface area (Å²) in [6.45, 7) is 6.71. The van der Waals surface area contributed by atoms with Crippen LogP contribution in [0.1, 0.15) is 31.9 Å². The molecule has 0 aliphatic carbocycles. The van der Waals surface area contributed by atoms with E-state index in [4.69, 9.17) is 11.6 Å². The lowest BCUT2D eigenvalue weighted by Crippen LogP contribution is -2.52. The van der Waals surface area contributed by atoms with Gasteiger partial charge in [0.25, 0.3) is 0 Å². The Bertz CT molecular complexity index is 1120. The van der Waals surface area contributed by atoms with Crippen LogP contribution >= 0.6 is 27.5 Å². The summed E-state index contributed by atoms with van der Waals surface area (Å²) in [6.07, 6.45) is 1.04. The van der Waals surface area contributed by atoms with Gasteiger partial charge in [-0.25, -0.2) is 8.42 Å². The molecular formula is C23H29BrClN3O4S. The molecule has 2 amide bonds. The van der Waals surface area contributed by atoms with Gasteiger partial charge in [-0.2, -0.15) is 0 Å². The van der Waals surface area contributed by atoms with Crippen LogP contribution in [0.5, 0.6) is 0 Å². The Morgan fingerprint density at radius 2 is 1.79 bits per heavy atom. The molecule has 180 valence electrons. The van der Waals surface area contributed by atoms with Crippen molar-refractivity contribution in [3.63, 3.8) is 0 Å². The molecule has 0 heterocycles. The van der Waals surface area contributed by atoms with Crippen LogP contribution in [0.15, 0.2) is 46.9 Å². The van der Waals surface area contributed by atoms with Crippen LogP contribution in [0, 0.1) is 6.92 Å². The zero-order chi connectivity index (χ0) is 24.9. The number of benzene rings is 2. The molecule has 7 nitrogen and oxygen atoms in total. The standard InChI is InChI=1S/C23H29BrClN3O4S/c1-15(2)26-23(30)17(4)27(13-18-7-6-8-19(24)12-18)22(29)14-28(33(5,31)32)21-10-9-20(25)11-16(21)3/h6-12,15,17H,13-14H2,1-5H3,(H,26,30). The van der Waals surface area contributed by atoms with E-state index in [1.54, 1.807) is 32.0 Å². The number of halogens is 2. The third-order valence-electron chi connectivity index (χ3n) is 4.95. The smallest absolute Gasteiger partial charge is 0.244 e. The summed E-state index contributed by atoms with van der Waals surface area (Å²) in [6, 6.07) is 11.3. The maximum absolute atomic E-state index is 13.5. The quantitative estimate of drug-likeness (QED) is 0.502. The number of nitrogens with one attached hydrogen (secondary N) is 1. The molecule has 1 unspecified atom stereocenters. The van der Waals surface area contributed by atoms with Gasteiger partial charge in [0.2, 0.25) is 21.8 Å². The van der Waals surface area contributed by atoms with Crippen LogP contribution in [-0.2, 0) is 26.2 Å². The number of carbonyl (C=O) groups is 2. The maximum Gasteiger partial charge on any atom is 0.244 e. The average molecular weight is 559 g/mol. The molecule has 0 aliphatic rings. The molecule has 0 fully saturated rings. The number of carbonyl (C=O) groups excluding carboxylic acids is 2. The summed E-state index contributed by atoms with van der Waals surface area (Å²) < 4.78 is 27.1. The Labute approximate surface area is 209 Å². The van der Waals surface area contributed by atoms with Crippen LogP contribution in [0.25, 0.3) is 0 Å². The molecule has 0 saturated heterocycles. The predicted octanol–water partition coefficient (Wildman–Crippen LogP) is 4.12. The van der Waals surface area contributed by atoms with Gasteiger partial charge in [0, 0.05) is 22.1 Å². The Kier molecular flexibility index (Phi) is 9.34. The fourth-order valence-electron chi connectivity index (χ4n) is 3.31. The fraction of sp³-hybridized carbons (Fsp3) is 0.391. The van der Waals surface area contributed by atoms with E-state index in [9.17, 15) is 18.0 Å². The molecule has 0 saturated carbocycles. The number of nitrogens with zero attached hydrogens (tertiary/aromatic N) is 2. The second-order valence-corrected chi connectivity index (χ2v) is 11.5. The number of rotatable bonds is 9. The number of hydrogen-bond donors (Lipinski definition) is 1. The van der Waals surface area contributed by atoms with Gasteiger partial charge in [-0.15, -0.1) is 0 Å². The van der Waals surface area contributed by atoms with Crippen molar-refractivity contribution in [2.75, 3.05) is 17.1 Å². The van der Waals surface area contributed by atoms with E-state index in [0.717, 1.165) is 20.6 Å². The lowest BCUT2D eigenvalue weighted by atomic mass is 10.1. The molecule has 10 heteroatoms. The summed E-state index contributed by atoms with van der Waals surface area (Å²) in [5.41, 5.74) is 1.78. The monoisotopic (exact) mass is 557 g/mol. The molecule has 2 aromatic rings. The van der Waals surface area contributed by atoms with Crippen LogP contribution in [-0.4, -0.2) is 50.0 Å². The second-order valence-electron chi connectivity index (χ2n) is 8.19. The highest BCUT2D eigenvalue weighted by Gasteiger charge is 2.30. The highest BCUT2D eigenvalue weighted by atomic mass is 79.9. The first-order valence-corrected chi connectivity index (χ1v) is 13.4. The van der Waals surface area contributed by atoms with Crippen LogP contribution < -0.4 is 9.62 Å².